The molecule has 4 saturated carbocycles. The molecule has 214 valence electrons. The number of Topliss-reactive ketones (excluding diaryl/α,β-unsaturated/α-hetero) is 1. The van der Waals surface area contributed by atoms with E-state index in [1.54, 1.807) is 0 Å². The maximum Gasteiger partial charge on any atom is 0.168 e. The summed E-state index contributed by atoms with van der Waals surface area (Å²) in [6.45, 7) is 11.1. The summed E-state index contributed by atoms with van der Waals surface area (Å²) in [7, 11) is 0. The fraction of sp³-hybridized carbons (Fsp3) is 0.971. The molecule has 0 atom stereocenters. The lowest BCUT2D eigenvalue weighted by atomic mass is 9.69. The first-order chi connectivity index (χ1) is 17.8. The highest BCUT2D eigenvalue weighted by molar-refractivity contribution is 5.79. The van der Waals surface area contributed by atoms with Gasteiger partial charge >= 0.3 is 0 Å². The van der Waals surface area contributed by atoms with Gasteiger partial charge < -0.3 is 9.47 Å². The van der Waals surface area contributed by atoms with E-state index in [1.165, 1.54) is 89.9 Å². The summed E-state index contributed by atoms with van der Waals surface area (Å²) in [6.07, 6.45) is 23.7. The van der Waals surface area contributed by atoms with Gasteiger partial charge in [-0.1, -0.05) is 53.4 Å². The standard InChI is InChI=1S/C18H32O2.C16H28O/c1-14(2)13-15-3-5-16(6-4-15)17-7-9-18(10-8-17)19-11-12-20-18;1-12(2)11-13-3-5-14(6-4-13)15-7-9-16(17)10-8-15/h14-17H,3-13H2,1-2H3;12-15H,3-11H2,1-2H3. The first kappa shape index (κ1) is 29.6. The molecule has 0 N–H and O–H groups in total. The molecular weight excluding hydrogens is 456 g/mol. The summed E-state index contributed by atoms with van der Waals surface area (Å²) in [5, 5.41) is 0. The van der Waals surface area contributed by atoms with Crippen LogP contribution in [0.2, 0.25) is 0 Å². The average Bonchev–Trinajstić information content (AvgIpc) is 3.34. The summed E-state index contributed by atoms with van der Waals surface area (Å²) in [5.74, 6) is 7.89. The van der Waals surface area contributed by atoms with Crippen LogP contribution in [0.5, 0.6) is 0 Å². The van der Waals surface area contributed by atoms with E-state index in [-0.39, 0.29) is 5.79 Å². The first-order valence-corrected chi connectivity index (χ1v) is 16.6. The maximum absolute atomic E-state index is 11.3. The van der Waals surface area contributed by atoms with Crippen molar-refractivity contribution in [3.63, 3.8) is 0 Å². The van der Waals surface area contributed by atoms with Gasteiger partial charge in [-0.15, -0.1) is 0 Å². The lowest BCUT2D eigenvalue weighted by molar-refractivity contribution is -0.185. The van der Waals surface area contributed by atoms with Crippen LogP contribution in [0.4, 0.5) is 0 Å². The molecule has 0 aromatic carbocycles. The van der Waals surface area contributed by atoms with Gasteiger partial charge in [-0.2, -0.15) is 0 Å². The van der Waals surface area contributed by atoms with Crippen molar-refractivity contribution in [1.29, 1.82) is 0 Å². The van der Waals surface area contributed by atoms with Crippen molar-refractivity contribution in [3.05, 3.63) is 0 Å². The van der Waals surface area contributed by atoms with Crippen LogP contribution in [-0.2, 0) is 14.3 Å². The SMILES string of the molecule is CC(C)CC1CCC(C2CCC(=O)CC2)CC1.CC(C)CC1CCC(C2CCC3(CC2)OCCO3)CC1. The van der Waals surface area contributed by atoms with E-state index in [0.717, 1.165) is 86.2 Å². The zero-order chi connectivity index (χ0) is 26.3. The molecule has 0 amide bonds. The molecular formula is C34H60O3. The fourth-order valence-electron chi connectivity index (χ4n) is 8.89. The molecule has 0 aromatic rings. The van der Waals surface area contributed by atoms with Gasteiger partial charge in [0.15, 0.2) is 5.79 Å². The van der Waals surface area contributed by atoms with Crippen molar-refractivity contribution in [3.8, 4) is 0 Å². The number of carbonyl (C=O) groups excluding carboxylic acids is 1. The Morgan fingerprint density at radius 2 is 0.973 bits per heavy atom. The first-order valence-electron chi connectivity index (χ1n) is 16.6. The Bertz CT molecular complexity index is 643. The summed E-state index contributed by atoms with van der Waals surface area (Å²) in [6, 6.07) is 0. The molecule has 5 fully saturated rings. The molecule has 37 heavy (non-hydrogen) atoms. The molecule has 0 aromatic heterocycles. The maximum atomic E-state index is 11.3. The number of carbonyl (C=O) groups is 1. The predicted octanol–water partition coefficient (Wildman–Crippen LogP) is 9.37. The van der Waals surface area contributed by atoms with Crippen molar-refractivity contribution in [1.82, 2.24) is 0 Å². The normalized spacial score (nSPS) is 33.6. The Labute approximate surface area is 229 Å². The Morgan fingerprint density at radius 1 is 0.595 bits per heavy atom. The Balaban J connectivity index is 0.000000176. The third-order valence-electron chi connectivity index (χ3n) is 10.9. The minimum atomic E-state index is -0.161. The van der Waals surface area contributed by atoms with Crippen molar-refractivity contribution in [2.24, 2.45) is 47.3 Å². The average molecular weight is 517 g/mol. The van der Waals surface area contributed by atoms with E-state index in [2.05, 4.69) is 27.7 Å². The van der Waals surface area contributed by atoms with E-state index >= 15 is 0 Å². The Kier molecular flexibility index (Phi) is 11.4. The van der Waals surface area contributed by atoms with Gasteiger partial charge in [-0.05, 0) is 112 Å². The van der Waals surface area contributed by atoms with Gasteiger partial charge in [0, 0.05) is 25.7 Å². The highest BCUT2D eigenvalue weighted by Crippen LogP contribution is 2.46. The van der Waals surface area contributed by atoms with Crippen LogP contribution < -0.4 is 0 Å². The topological polar surface area (TPSA) is 35.5 Å². The third-order valence-corrected chi connectivity index (χ3v) is 10.9. The molecule has 3 heteroatoms. The number of ketones is 1. The summed E-state index contributed by atoms with van der Waals surface area (Å²) in [5.41, 5.74) is 0. The van der Waals surface area contributed by atoms with Crippen molar-refractivity contribution < 1.29 is 14.3 Å². The fourth-order valence-corrected chi connectivity index (χ4v) is 8.89. The number of rotatable bonds is 6. The van der Waals surface area contributed by atoms with Crippen LogP contribution in [0, 0.1) is 47.3 Å². The quantitative estimate of drug-likeness (QED) is 0.353. The van der Waals surface area contributed by atoms with Gasteiger partial charge in [-0.25, -0.2) is 0 Å². The second-order valence-electron chi connectivity index (χ2n) is 14.6. The lowest BCUT2D eigenvalue weighted by Crippen LogP contribution is -2.37. The number of hydrogen-bond donors (Lipinski definition) is 0. The van der Waals surface area contributed by atoms with Crippen LogP contribution in [0.1, 0.15) is 143 Å². The van der Waals surface area contributed by atoms with Crippen molar-refractivity contribution in [2.45, 2.75) is 149 Å². The van der Waals surface area contributed by atoms with E-state index in [1.807, 2.05) is 0 Å². The molecule has 4 aliphatic carbocycles. The van der Waals surface area contributed by atoms with Crippen LogP contribution in [0.15, 0.2) is 0 Å². The molecule has 0 bridgehead atoms. The Morgan fingerprint density at radius 3 is 1.38 bits per heavy atom. The van der Waals surface area contributed by atoms with Crippen molar-refractivity contribution in [2.75, 3.05) is 13.2 Å². The monoisotopic (exact) mass is 516 g/mol. The molecule has 1 spiro atoms. The van der Waals surface area contributed by atoms with Gasteiger partial charge in [0.25, 0.3) is 0 Å². The van der Waals surface area contributed by atoms with Crippen LogP contribution in [0.3, 0.4) is 0 Å². The number of ether oxygens (including phenoxy) is 2. The molecule has 3 nitrogen and oxygen atoms in total. The smallest absolute Gasteiger partial charge is 0.168 e. The molecule has 5 rings (SSSR count). The highest BCUT2D eigenvalue weighted by atomic mass is 16.7. The van der Waals surface area contributed by atoms with E-state index in [4.69, 9.17) is 9.47 Å². The molecule has 0 unspecified atom stereocenters. The van der Waals surface area contributed by atoms with Crippen LogP contribution >= 0.6 is 0 Å². The van der Waals surface area contributed by atoms with Gasteiger partial charge in [0.1, 0.15) is 5.78 Å². The van der Waals surface area contributed by atoms with Gasteiger partial charge in [-0.3, -0.25) is 4.79 Å². The number of hydrogen-bond acceptors (Lipinski definition) is 3. The zero-order valence-electron chi connectivity index (χ0n) is 25.0. The molecule has 1 aliphatic heterocycles. The second-order valence-corrected chi connectivity index (χ2v) is 14.6. The van der Waals surface area contributed by atoms with E-state index in [0.29, 0.717) is 5.78 Å². The summed E-state index contributed by atoms with van der Waals surface area (Å²) < 4.78 is 11.7. The second kappa shape index (κ2) is 14.3. The van der Waals surface area contributed by atoms with Crippen LogP contribution in [-0.4, -0.2) is 24.8 Å². The third kappa shape index (κ3) is 9.06. The minimum absolute atomic E-state index is 0.161. The van der Waals surface area contributed by atoms with E-state index < -0.39 is 0 Å². The van der Waals surface area contributed by atoms with Gasteiger partial charge in [0.2, 0.25) is 0 Å². The summed E-state index contributed by atoms with van der Waals surface area (Å²) >= 11 is 0. The zero-order valence-corrected chi connectivity index (χ0v) is 25.0. The largest absolute Gasteiger partial charge is 0.348 e. The molecule has 0 radical (unpaired) electrons. The molecule has 1 heterocycles. The Hall–Kier alpha value is -0.410. The van der Waals surface area contributed by atoms with Crippen LogP contribution in [0.25, 0.3) is 0 Å². The molecule has 1 saturated heterocycles. The van der Waals surface area contributed by atoms with Gasteiger partial charge in [0.05, 0.1) is 13.2 Å². The summed E-state index contributed by atoms with van der Waals surface area (Å²) in [4.78, 5) is 11.3. The highest BCUT2D eigenvalue weighted by Gasteiger charge is 2.42. The van der Waals surface area contributed by atoms with Crippen molar-refractivity contribution >= 4 is 5.78 Å². The molecule has 5 aliphatic rings. The van der Waals surface area contributed by atoms with E-state index in [9.17, 15) is 4.79 Å². The lowest BCUT2D eigenvalue weighted by Gasteiger charge is -2.41. The minimum Gasteiger partial charge on any atom is -0.348 e. The predicted molar refractivity (Wildman–Crippen MR) is 153 cm³/mol.